The number of nitrogens with zero attached hydrogens (tertiary/aromatic N) is 5. The van der Waals surface area contributed by atoms with Crippen LogP contribution in [0.1, 0.15) is 25.1 Å². The summed E-state index contributed by atoms with van der Waals surface area (Å²) in [6, 6.07) is 14.7. The summed E-state index contributed by atoms with van der Waals surface area (Å²) < 4.78 is 11.3. The van der Waals surface area contributed by atoms with E-state index in [9.17, 15) is 0 Å². The first kappa shape index (κ1) is 20.5. The molecule has 2 aromatic heterocycles. The predicted molar refractivity (Wildman–Crippen MR) is 114 cm³/mol. The standard InChI is InChI=1S/C21H19Cl2N5O2/c1-2-10-28(12-18-24-20(27-30-18)14-6-5-7-15(22)11-14)13-19-25-26-21(29-19)16-8-3-4-9-17(16)23/h3-9,11H,2,10,12-13H2,1H3. The van der Waals surface area contributed by atoms with E-state index in [0.717, 1.165) is 18.5 Å². The fourth-order valence-corrected chi connectivity index (χ4v) is 3.44. The average molecular weight is 444 g/mol. The van der Waals surface area contributed by atoms with Gasteiger partial charge in [0, 0.05) is 10.6 Å². The van der Waals surface area contributed by atoms with Crippen LogP contribution in [0.15, 0.2) is 57.5 Å². The van der Waals surface area contributed by atoms with Gasteiger partial charge < -0.3 is 8.94 Å². The summed E-state index contributed by atoms with van der Waals surface area (Å²) >= 11 is 12.3. The van der Waals surface area contributed by atoms with Crippen LogP contribution in [-0.4, -0.2) is 31.8 Å². The third-order valence-corrected chi connectivity index (χ3v) is 4.94. The van der Waals surface area contributed by atoms with E-state index in [1.165, 1.54) is 0 Å². The molecular weight excluding hydrogens is 425 g/mol. The molecule has 0 bridgehead atoms. The molecule has 0 spiro atoms. The Balaban J connectivity index is 1.47. The fourth-order valence-electron chi connectivity index (χ4n) is 3.04. The van der Waals surface area contributed by atoms with Gasteiger partial charge in [-0.15, -0.1) is 10.2 Å². The van der Waals surface area contributed by atoms with Crippen molar-refractivity contribution in [3.63, 3.8) is 0 Å². The maximum Gasteiger partial charge on any atom is 0.249 e. The molecule has 0 aliphatic heterocycles. The lowest BCUT2D eigenvalue weighted by Crippen LogP contribution is -2.24. The largest absolute Gasteiger partial charge is 0.419 e. The molecule has 0 aliphatic rings. The zero-order chi connectivity index (χ0) is 20.9. The Morgan fingerprint density at radius 2 is 1.80 bits per heavy atom. The fraction of sp³-hybridized carbons (Fsp3) is 0.238. The summed E-state index contributed by atoms with van der Waals surface area (Å²) in [7, 11) is 0. The van der Waals surface area contributed by atoms with Gasteiger partial charge >= 0.3 is 0 Å². The summed E-state index contributed by atoms with van der Waals surface area (Å²) in [4.78, 5) is 6.60. The normalized spacial score (nSPS) is 11.3. The van der Waals surface area contributed by atoms with Crippen LogP contribution in [-0.2, 0) is 13.1 Å². The number of rotatable bonds is 8. The molecule has 9 heteroatoms. The highest BCUT2D eigenvalue weighted by Gasteiger charge is 2.17. The lowest BCUT2D eigenvalue weighted by molar-refractivity contribution is 0.201. The molecule has 30 heavy (non-hydrogen) atoms. The third-order valence-electron chi connectivity index (χ3n) is 4.38. The molecule has 4 aromatic rings. The minimum absolute atomic E-state index is 0.396. The molecule has 154 valence electrons. The number of halogens is 2. The summed E-state index contributed by atoms with van der Waals surface area (Å²) in [6.45, 7) is 3.82. The average Bonchev–Trinajstić information content (AvgIpc) is 3.38. The highest BCUT2D eigenvalue weighted by molar-refractivity contribution is 6.33. The molecule has 0 radical (unpaired) electrons. The Hall–Kier alpha value is -2.74. The van der Waals surface area contributed by atoms with Crippen LogP contribution in [0.3, 0.4) is 0 Å². The monoisotopic (exact) mass is 443 g/mol. The van der Waals surface area contributed by atoms with E-state index in [1.807, 2.05) is 30.3 Å². The number of hydrogen-bond donors (Lipinski definition) is 0. The molecule has 0 unspecified atom stereocenters. The Bertz CT molecular complexity index is 1130. The van der Waals surface area contributed by atoms with Gasteiger partial charge in [0.25, 0.3) is 0 Å². The SMILES string of the molecule is CCCN(Cc1nc(-c2cccc(Cl)c2)no1)Cc1nnc(-c2ccccc2Cl)o1. The maximum absolute atomic E-state index is 6.22. The molecule has 0 amide bonds. The maximum atomic E-state index is 6.22. The van der Waals surface area contributed by atoms with Gasteiger partial charge in [-0.1, -0.05) is 59.5 Å². The summed E-state index contributed by atoms with van der Waals surface area (Å²) in [5.74, 6) is 1.90. The van der Waals surface area contributed by atoms with E-state index in [4.69, 9.17) is 32.1 Å². The van der Waals surface area contributed by atoms with Crippen molar-refractivity contribution in [1.29, 1.82) is 0 Å². The summed E-state index contributed by atoms with van der Waals surface area (Å²) in [6.07, 6.45) is 0.945. The van der Waals surface area contributed by atoms with Crippen molar-refractivity contribution in [3.05, 3.63) is 70.4 Å². The molecule has 0 atom stereocenters. The van der Waals surface area contributed by atoms with Crippen LogP contribution in [0.5, 0.6) is 0 Å². The van der Waals surface area contributed by atoms with Crippen LogP contribution in [0.4, 0.5) is 0 Å². The van der Waals surface area contributed by atoms with Gasteiger partial charge in [-0.25, -0.2) is 0 Å². The lowest BCUT2D eigenvalue weighted by Gasteiger charge is -2.17. The third kappa shape index (κ3) is 4.87. The summed E-state index contributed by atoms with van der Waals surface area (Å²) in [5.41, 5.74) is 1.52. The number of benzene rings is 2. The van der Waals surface area contributed by atoms with Crippen molar-refractivity contribution in [3.8, 4) is 22.8 Å². The highest BCUT2D eigenvalue weighted by atomic mass is 35.5. The molecule has 0 saturated carbocycles. The first-order valence-electron chi connectivity index (χ1n) is 9.50. The molecule has 2 heterocycles. The van der Waals surface area contributed by atoms with Crippen LogP contribution < -0.4 is 0 Å². The Morgan fingerprint density at radius 3 is 2.60 bits per heavy atom. The first-order valence-corrected chi connectivity index (χ1v) is 10.3. The molecule has 0 saturated heterocycles. The number of hydrogen-bond acceptors (Lipinski definition) is 7. The topological polar surface area (TPSA) is 81.1 Å². The van der Waals surface area contributed by atoms with Crippen LogP contribution in [0, 0.1) is 0 Å². The van der Waals surface area contributed by atoms with Gasteiger partial charge in [0.05, 0.1) is 23.7 Å². The van der Waals surface area contributed by atoms with Crippen molar-refractivity contribution in [1.82, 2.24) is 25.2 Å². The van der Waals surface area contributed by atoms with E-state index < -0.39 is 0 Å². The Morgan fingerprint density at radius 1 is 0.967 bits per heavy atom. The lowest BCUT2D eigenvalue weighted by atomic mass is 10.2. The summed E-state index contributed by atoms with van der Waals surface area (Å²) in [5, 5.41) is 13.5. The molecule has 7 nitrogen and oxygen atoms in total. The van der Waals surface area contributed by atoms with Crippen molar-refractivity contribution in [2.24, 2.45) is 0 Å². The van der Waals surface area contributed by atoms with Gasteiger partial charge in [0.15, 0.2) is 0 Å². The van der Waals surface area contributed by atoms with E-state index in [-0.39, 0.29) is 0 Å². The molecular formula is C21H19Cl2N5O2. The minimum Gasteiger partial charge on any atom is -0.419 e. The molecule has 0 fully saturated rings. The van der Waals surface area contributed by atoms with Crippen molar-refractivity contribution in [2.45, 2.75) is 26.4 Å². The van der Waals surface area contributed by atoms with E-state index in [1.54, 1.807) is 18.2 Å². The zero-order valence-corrected chi connectivity index (χ0v) is 17.8. The second-order valence-corrected chi connectivity index (χ2v) is 7.56. The van der Waals surface area contributed by atoms with Crippen LogP contribution >= 0.6 is 23.2 Å². The predicted octanol–water partition coefficient (Wildman–Crippen LogP) is 5.51. The Kier molecular flexibility index (Phi) is 6.42. The van der Waals surface area contributed by atoms with Gasteiger partial charge in [-0.2, -0.15) is 4.98 Å². The molecule has 0 N–H and O–H groups in total. The Labute approximate surface area is 183 Å². The highest BCUT2D eigenvalue weighted by Crippen LogP contribution is 2.26. The smallest absolute Gasteiger partial charge is 0.249 e. The number of aromatic nitrogens is 4. The van der Waals surface area contributed by atoms with Gasteiger partial charge in [0.1, 0.15) is 0 Å². The van der Waals surface area contributed by atoms with Crippen molar-refractivity contribution in [2.75, 3.05) is 6.54 Å². The molecule has 4 rings (SSSR count). The molecule has 0 aliphatic carbocycles. The van der Waals surface area contributed by atoms with Gasteiger partial charge in [-0.05, 0) is 37.2 Å². The van der Waals surface area contributed by atoms with E-state index in [0.29, 0.717) is 52.2 Å². The van der Waals surface area contributed by atoms with Crippen molar-refractivity contribution < 1.29 is 8.94 Å². The second kappa shape index (κ2) is 9.38. The quantitative estimate of drug-likeness (QED) is 0.355. The van der Waals surface area contributed by atoms with Crippen molar-refractivity contribution >= 4 is 23.2 Å². The van der Waals surface area contributed by atoms with E-state index >= 15 is 0 Å². The van der Waals surface area contributed by atoms with E-state index in [2.05, 4.69) is 32.2 Å². The first-order chi connectivity index (χ1) is 14.6. The van der Waals surface area contributed by atoms with Gasteiger partial charge in [-0.3, -0.25) is 4.90 Å². The molecule has 2 aromatic carbocycles. The van der Waals surface area contributed by atoms with Crippen LogP contribution in [0.25, 0.3) is 22.8 Å². The zero-order valence-electron chi connectivity index (χ0n) is 16.3. The minimum atomic E-state index is 0.396. The van der Waals surface area contributed by atoms with Crippen LogP contribution in [0.2, 0.25) is 10.0 Å². The second-order valence-electron chi connectivity index (χ2n) is 6.71. The van der Waals surface area contributed by atoms with Gasteiger partial charge in [0.2, 0.25) is 23.5 Å².